The lowest BCUT2D eigenvalue weighted by Gasteiger charge is -2.42. The summed E-state index contributed by atoms with van der Waals surface area (Å²) in [5.41, 5.74) is 2.26. The normalized spacial score (nSPS) is 20.5. The molecule has 1 N–H and O–H groups in total. The first-order valence-electron chi connectivity index (χ1n) is 10.3. The quantitative estimate of drug-likeness (QED) is 0.681. The summed E-state index contributed by atoms with van der Waals surface area (Å²) in [5, 5.41) is 10.6. The Morgan fingerprint density at radius 3 is 2.63 bits per heavy atom. The summed E-state index contributed by atoms with van der Waals surface area (Å²) in [5.74, 6) is 0.489. The second-order valence-corrected chi connectivity index (χ2v) is 8.40. The van der Waals surface area contributed by atoms with Gasteiger partial charge in [0.1, 0.15) is 11.3 Å². The van der Waals surface area contributed by atoms with Gasteiger partial charge in [-0.25, -0.2) is 9.37 Å². The molecule has 8 heteroatoms. The summed E-state index contributed by atoms with van der Waals surface area (Å²) in [6.07, 6.45) is 6.67. The van der Waals surface area contributed by atoms with Gasteiger partial charge in [0.25, 0.3) is 0 Å². The van der Waals surface area contributed by atoms with Crippen LogP contribution >= 0.6 is 11.6 Å². The number of piperidine rings is 1. The number of halogens is 2. The largest absolute Gasteiger partial charge is 0.381 e. The number of nitrogens with zero attached hydrogens (tertiary/aromatic N) is 5. The van der Waals surface area contributed by atoms with Crippen molar-refractivity contribution in [3.63, 3.8) is 0 Å². The van der Waals surface area contributed by atoms with Crippen LogP contribution in [0.3, 0.4) is 0 Å². The van der Waals surface area contributed by atoms with Crippen molar-refractivity contribution in [2.45, 2.75) is 31.2 Å². The van der Waals surface area contributed by atoms with Crippen molar-refractivity contribution >= 4 is 28.3 Å². The molecule has 4 heterocycles. The number of aromatic nitrogens is 3. The van der Waals surface area contributed by atoms with Gasteiger partial charge in [-0.15, -0.1) is 0 Å². The fraction of sp³-hybridized carbons (Fsp3) is 0.409. The van der Waals surface area contributed by atoms with Crippen molar-refractivity contribution in [1.82, 2.24) is 19.9 Å². The number of fused-ring (bicyclic) bond motifs is 1. The maximum absolute atomic E-state index is 14.4. The minimum absolute atomic E-state index is 0.0343. The van der Waals surface area contributed by atoms with Gasteiger partial charge >= 0.3 is 0 Å². The molecule has 0 aliphatic carbocycles. The lowest BCUT2D eigenvalue weighted by atomic mass is 9.89. The molecular weight excluding hydrogens is 405 g/mol. The number of pyridine rings is 1. The number of aliphatic hydroxyl groups is 1. The lowest BCUT2D eigenvalue weighted by molar-refractivity contribution is 0.0411. The van der Waals surface area contributed by atoms with Crippen molar-refractivity contribution in [1.29, 1.82) is 0 Å². The van der Waals surface area contributed by atoms with Crippen LogP contribution in [0.2, 0.25) is 5.02 Å². The fourth-order valence-corrected chi connectivity index (χ4v) is 4.69. The van der Waals surface area contributed by atoms with Crippen LogP contribution in [0.25, 0.3) is 10.9 Å². The Kier molecular flexibility index (Phi) is 5.26. The van der Waals surface area contributed by atoms with E-state index in [0.29, 0.717) is 5.52 Å². The molecule has 0 amide bonds. The van der Waals surface area contributed by atoms with Crippen molar-refractivity contribution in [3.05, 3.63) is 58.9 Å². The molecule has 2 aromatic heterocycles. The summed E-state index contributed by atoms with van der Waals surface area (Å²) in [7, 11) is 0. The molecule has 6 nitrogen and oxygen atoms in total. The van der Waals surface area contributed by atoms with Gasteiger partial charge in [-0.3, -0.25) is 14.9 Å². The van der Waals surface area contributed by atoms with Crippen molar-refractivity contribution in [3.8, 4) is 0 Å². The summed E-state index contributed by atoms with van der Waals surface area (Å²) in [6.45, 7) is 2.41. The molecule has 2 aliphatic heterocycles. The molecule has 3 aromatic rings. The molecular formula is C22H23ClFN5O. The van der Waals surface area contributed by atoms with E-state index in [4.69, 9.17) is 11.6 Å². The summed E-state index contributed by atoms with van der Waals surface area (Å²) >= 11 is 5.92. The first-order valence-corrected chi connectivity index (χ1v) is 10.7. The van der Waals surface area contributed by atoms with E-state index in [1.807, 2.05) is 12.1 Å². The minimum atomic E-state index is -0.481. The molecule has 0 bridgehead atoms. The topological polar surface area (TPSA) is 65.4 Å². The Hall–Kier alpha value is -2.35. The Morgan fingerprint density at radius 2 is 1.83 bits per heavy atom. The van der Waals surface area contributed by atoms with E-state index >= 15 is 0 Å². The molecule has 5 rings (SSSR count). The van der Waals surface area contributed by atoms with Gasteiger partial charge in [-0.05, 0) is 31.0 Å². The average molecular weight is 428 g/mol. The van der Waals surface area contributed by atoms with E-state index in [0.717, 1.165) is 61.5 Å². The van der Waals surface area contributed by atoms with E-state index in [9.17, 15) is 9.50 Å². The smallest absolute Gasteiger partial charge is 0.168 e. The highest BCUT2D eigenvalue weighted by molar-refractivity contribution is 6.31. The molecule has 2 fully saturated rings. The highest BCUT2D eigenvalue weighted by Crippen LogP contribution is 2.37. The second kappa shape index (κ2) is 8.06. The first-order chi connectivity index (χ1) is 14.7. The number of hydrogen-bond donors (Lipinski definition) is 1. The highest BCUT2D eigenvalue weighted by Gasteiger charge is 2.35. The van der Waals surface area contributed by atoms with Crippen LogP contribution in [-0.2, 0) is 0 Å². The number of rotatable bonds is 4. The zero-order chi connectivity index (χ0) is 20.7. The van der Waals surface area contributed by atoms with Crippen LogP contribution in [0.4, 0.5) is 10.2 Å². The third-order valence-electron chi connectivity index (χ3n) is 6.20. The van der Waals surface area contributed by atoms with Gasteiger partial charge < -0.3 is 10.0 Å². The molecule has 1 aromatic carbocycles. The van der Waals surface area contributed by atoms with Crippen LogP contribution in [-0.4, -0.2) is 51.3 Å². The predicted molar refractivity (Wildman–Crippen MR) is 114 cm³/mol. The van der Waals surface area contributed by atoms with E-state index in [1.54, 1.807) is 24.5 Å². The molecule has 30 heavy (non-hydrogen) atoms. The Morgan fingerprint density at radius 1 is 1.07 bits per heavy atom. The van der Waals surface area contributed by atoms with Crippen LogP contribution in [0.15, 0.2) is 36.7 Å². The van der Waals surface area contributed by atoms with Gasteiger partial charge in [-0.1, -0.05) is 24.1 Å². The van der Waals surface area contributed by atoms with Gasteiger partial charge in [0.15, 0.2) is 5.82 Å². The third-order valence-corrected chi connectivity index (χ3v) is 6.49. The molecule has 0 saturated carbocycles. The van der Waals surface area contributed by atoms with Crippen LogP contribution in [0.5, 0.6) is 0 Å². The fourth-order valence-electron chi connectivity index (χ4n) is 4.53. The van der Waals surface area contributed by atoms with E-state index in [-0.39, 0.29) is 23.7 Å². The lowest BCUT2D eigenvalue weighted by Crippen LogP contribution is -2.47. The predicted octanol–water partition coefficient (Wildman–Crippen LogP) is 3.90. The zero-order valence-electron chi connectivity index (χ0n) is 16.5. The molecule has 2 saturated heterocycles. The standard InChI is InChI=1S/C22H23ClFN5O/c23-16-6-4-14-5-7-18(27-20(14)19(16)24)29-11-15(12-29)21-22(26-9-8-25-21)17-3-1-2-10-28(17)13-30/h4-9,15,17,30H,1-3,10-13H2. The molecule has 0 radical (unpaired) electrons. The second-order valence-electron chi connectivity index (χ2n) is 8.00. The minimum Gasteiger partial charge on any atom is -0.381 e. The Labute approximate surface area is 179 Å². The van der Waals surface area contributed by atoms with Crippen LogP contribution in [0.1, 0.15) is 42.6 Å². The highest BCUT2D eigenvalue weighted by atomic mass is 35.5. The van der Waals surface area contributed by atoms with Crippen molar-refractivity contribution in [2.24, 2.45) is 0 Å². The van der Waals surface area contributed by atoms with Gasteiger partial charge in [0, 0.05) is 43.3 Å². The molecule has 156 valence electrons. The summed E-state index contributed by atoms with van der Waals surface area (Å²) in [6, 6.07) is 7.23. The molecule has 1 atom stereocenters. The SMILES string of the molecule is OCN1CCCCC1c1nccnc1C1CN(c2ccc3ccc(Cl)c(F)c3n2)C1. The van der Waals surface area contributed by atoms with Crippen molar-refractivity contribution in [2.75, 3.05) is 31.3 Å². The summed E-state index contributed by atoms with van der Waals surface area (Å²) < 4.78 is 14.4. The van der Waals surface area contributed by atoms with Gasteiger partial charge in [-0.2, -0.15) is 0 Å². The molecule has 2 aliphatic rings. The van der Waals surface area contributed by atoms with E-state index < -0.39 is 5.82 Å². The van der Waals surface area contributed by atoms with Crippen molar-refractivity contribution < 1.29 is 9.50 Å². The molecule has 0 spiro atoms. The van der Waals surface area contributed by atoms with Crippen LogP contribution < -0.4 is 4.90 Å². The van der Waals surface area contributed by atoms with E-state index in [2.05, 4.69) is 24.8 Å². The average Bonchev–Trinajstić information content (AvgIpc) is 2.76. The number of aliphatic hydroxyl groups excluding tert-OH is 1. The van der Waals surface area contributed by atoms with Crippen LogP contribution in [0, 0.1) is 5.82 Å². The first kappa shape index (κ1) is 19.6. The molecule has 1 unspecified atom stereocenters. The maximum Gasteiger partial charge on any atom is 0.168 e. The number of benzene rings is 1. The zero-order valence-corrected chi connectivity index (χ0v) is 17.3. The maximum atomic E-state index is 14.4. The monoisotopic (exact) mass is 427 g/mol. The van der Waals surface area contributed by atoms with Gasteiger partial charge in [0.05, 0.1) is 29.2 Å². The van der Waals surface area contributed by atoms with Gasteiger partial charge in [0.2, 0.25) is 0 Å². The number of hydrogen-bond acceptors (Lipinski definition) is 6. The third kappa shape index (κ3) is 3.41. The Bertz CT molecular complexity index is 1070. The number of anilines is 1. The summed E-state index contributed by atoms with van der Waals surface area (Å²) in [4.78, 5) is 18.0. The van der Waals surface area contributed by atoms with E-state index in [1.165, 1.54) is 0 Å². The number of likely N-dealkylation sites (tertiary alicyclic amines) is 1. The Balaban J connectivity index is 1.38.